The molecule has 4 heteroatoms. The molecule has 2 rings (SSSR count). The van der Waals surface area contributed by atoms with Crippen molar-refractivity contribution in [3.63, 3.8) is 0 Å². The molecule has 0 amide bonds. The minimum absolute atomic E-state index is 0.663. The first-order chi connectivity index (χ1) is 7.24. The fourth-order valence-corrected chi connectivity index (χ4v) is 1.42. The highest BCUT2D eigenvalue weighted by Gasteiger charge is 1.95. The van der Waals surface area contributed by atoms with E-state index in [1.807, 2.05) is 36.4 Å². The molecule has 76 valence electrons. The number of nitrogens with one attached hydrogen (secondary N) is 1. The second-order valence-electron chi connectivity index (χ2n) is 3.11. The van der Waals surface area contributed by atoms with Gasteiger partial charge in [-0.1, -0.05) is 15.9 Å². The van der Waals surface area contributed by atoms with E-state index in [0.717, 1.165) is 16.0 Å². The molecule has 0 aliphatic rings. The van der Waals surface area contributed by atoms with E-state index in [2.05, 4.69) is 26.2 Å². The first kappa shape index (κ1) is 9.98. The van der Waals surface area contributed by atoms with Crippen molar-refractivity contribution in [3.8, 4) is 0 Å². The molecule has 3 nitrogen and oxygen atoms in total. The van der Waals surface area contributed by atoms with E-state index in [4.69, 9.17) is 5.73 Å². The number of rotatable bonds is 2. The van der Waals surface area contributed by atoms with Gasteiger partial charge in [-0.2, -0.15) is 0 Å². The predicted octanol–water partition coefficient (Wildman–Crippen LogP) is 3.17. The Morgan fingerprint density at radius 2 is 1.80 bits per heavy atom. The highest BCUT2D eigenvalue weighted by Crippen LogP contribution is 2.18. The topological polar surface area (TPSA) is 50.9 Å². The number of nitrogens with zero attached hydrogens (tertiary/aromatic N) is 1. The van der Waals surface area contributed by atoms with Crippen LogP contribution in [0.2, 0.25) is 0 Å². The number of aromatic nitrogens is 1. The average Bonchev–Trinajstić information content (AvgIpc) is 2.25. The molecule has 1 heterocycles. The molecule has 1 aromatic carbocycles. The minimum Gasteiger partial charge on any atom is -0.397 e. The number of benzene rings is 1. The quantitative estimate of drug-likeness (QED) is 0.875. The summed E-state index contributed by atoms with van der Waals surface area (Å²) in [6.45, 7) is 0. The van der Waals surface area contributed by atoms with Crippen LogP contribution in [-0.4, -0.2) is 4.98 Å². The summed E-state index contributed by atoms with van der Waals surface area (Å²) in [5.74, 6) is 0.784. The van der Waals surface area contributed by atoms with Crippen LogP contribution >= 0.6 is 15.9 Å². The molecule has 0 saturated carbocycles. The van der Waals surface area contributed by atoms with Gasteiger partial charge in [0, 0.05) is 10.2 Å². The molecule has 2 aromatic rings. The summed E-state index contributed by atoms with van der Waals surface area (Å²) in [6, 6.07) is 11.6. The number of hydrogen-bond donors (Lipinski definition) is 2. The Kier molecular flexibility index (Phi) is 2.87. The van der Waals surface area contributed by atoms with Crippen LogP contribution in [0.4, 0.5) is 17.2 Å². The summed E-state index contributed by atoms with van der Waals surface area (Å²) in [5.41, 5.74) is 7.20. The normalized spacial score (nSPS) is 9.93. The molecule has 0 aliphatic heterocycles. The molecule has 0 spiro atoms. The minimum atomic E-state index is 0.663. The molecule has 0 unspecified atom stereocenters. The third-order valence-corrected chi connectivity index (χ3v) is 2.43. The lowest BCUT2D eigenvalue weighted by Crippen LogP contribution is -1.94. The number of nitrogen functional groups attached to an aromatic ring is 1. The van der Waals surface area contributed by atoms with Gasteiger partial charge in [0.15, 0.2) is 0 Å². The van der Waals surface area contributed by atoms with E-state index in [0.29, 0.717) is 5.69 Å². The lowest BCUT2D eigenvalue weighted by Gasteiger charge is -2.05. The van der Waals surface area contributed by atoms with Crippen molar-refractivity contribution in [3.05, 3.63) is 47.1 Å². The largest absolute Gasteiger partial charge is 0.397 e. The van der Waals surface area contributed by atoms with Gasteiger partial charge in [0.2, 0.25) is 0 Å². The van der Waals surface area contributed by atoms with Crippen LogP contribution in [0, 0.1) is 0 Å². The Bertz CT molecular complexity index is 393. The number of pyridine rings is 1. The number of halogens is 1. The third-order valence-electron chi connectivity index (χ3n) is 1.90. The van der Waals surface area contributed by atoms with E-state index in [9.17, 15) is 0 Å². The molecule has 0 radical (unpaired) electrons. The second kappa shape index (κ2) is 4.31. The fraction of sp³-hybridized carbons (Fsp3) is 0. The maximum Gasteiger partial charge on any atom is 0.130 e. The van der Waals surface area contributed by atoms with E-state index >= 15 is 0 Å². The van der Waals surface area contributed by atoms with E-state index < -0.39 is 0 Å². The van der Waals surface area contributed by atoms with Crippen LogP contribution in [0.15, 0.2) is 47.1 Å². The highest BCUT2D eigenvalue weighted by molar-refractivity contribution is 9.10. The maximum absolute atomic E-state index is 5.54. The Morgan fingerprint density at radius 3 is 2.40 bits per heavy atom. The first-order valence-electron chi connectivity index (χ1n) is 4.48. The predicted molar refractivity (Wildman–Crippen MR) is 66.1 cm³/mol. The summed E-state index contributed by atoms with van der Waals surface area (Å²) in [7, 11) is 0. The summed E-state index contributed by atoms with van der Waals surface area (Å²) in [4.78, 5) is 4.15. The van der Waals surface area contributed by atoms with Crippen molar-refractivity contribution in [2.24, 2.45) is 0 Å². The van der Waals surface area contributed by atoms with E-state index in [-0.39, 0.29) is 0 Å². The average molecular weight is 264 g/mol. The molecule has 0 aliphatic carbocycles. The molecular formula is C11H10BrN3. The number of anilines is 3. The second-order valence-corrected chi connectivity index (χ2v) is 4.02. The Hall–Kier alpha value is -1.55. The smallest absolute Gasteiger partial charge is 0.130 e. The molecule has 0 bridgehead atoms. The van der Waals surface area contributed by atoms with Gasteiger partial charge in [-0.25, -0.2) is 4.98 Å². The van der Waals surface area contributed by atoms with Gasteiger partial charge in [-0.3, -0.25) is 0 Å². The highest BCUT2D eigenvalue weighted by atomic mass is 79.9. The lowest BCUT2D eigenvalue weighted by atomic mass is 10.3. The zero-order valence-corrected chi connectivity index (χ0v) is 9.53. The van der Waals surface area contributed by atoms with Crippen molar-refractivity contribution < 1.29 is 0 Å². The van der Waals surface area contributed by atoms with Crippen molar-refractivity contribution in [2.75, 3.05) is 11.1 Å². The van der Waals surface area contributed by atoms with Crippen molar-refractivity contribution in [1.29, 1.82) is 0 Å². The number of hydrogen-bond acceptors (Lipinski definition) is 3. The summed E-state index contributed by atoms with van der Waals surface area (Å²) in [5, 5.41) is 3.17. The molecule has 15 heavy (non-hydrogen) atoms. The Labute approximate surface area is 96.5 Å². The van der Waals surface area contributed by atoms with E-state index in [1.54, 1.807) is 6.20 Å². The van der Waals surface area contributed by atoms with Crippen LogP contribution in [0.3, 0.4) is 0 Å². The van der Waals surface area contributed by atoms with Gasteiger partial charge in [0.25, 0.3) is 0 Å². The molecule has 0 atom stereocenters. The van der Waals surface area contributed by atoms with Crippen molar-refractivity contribution >= 4 is 33.1 Å². The third kappa shape index (κ3) is 2.70. The van der Waals surface area contributed by atoms with Gasteiger partial charge in [0.1, 0.15) is 5.82 Å². The lowest BCUT2D eigenvalue weighted by molar-refractivity contribution is 1.31. The molecule has 3 N–H and O–H groups in total. The van der Waals surface area contributed by atoms with Crippen LogP contribution in [0.5, 0.6) is 0 Å². The van der Waals surface area contributed by atoms with Gasteiger partial charge in [0.05, 0.1) is 11.9 Å². The van der Waals surface area contributed by atoms with Gasteiger partial charge >= 0.3 is 0 Å². The fourth-order valence-electron chi connectivity index (χ4n) is 1.16. The van der Waals surface area contributed by atoms with Gasteiger partial charge < -0.3 is 11.1 Å². The van der Waals surface area contributed by atoms with Crippen molar-refractivity contribution in [2.45, 2.75) is 0 Å². The Morgan fingerprint density at radius 1 is 1.07 bits per heavy atom. The van der Waals surface area contributed by atoms with Crippen LogP contribution < -0.4 is 11.1 Å². The molecule has 1 aromatic heterocycles. The summed E-state index contributed by atoms with van der Waals surface area (Å²) < 4.78 is 1.05. The van der Waals surface area contributed by atoms with Crippen molar-refractivity contribution in [1.82, 2.24) is 4.98 Å². The van der Waals surface area contributed by atoms with Crippen LogP contribution in [0.1, 0.15) is 0 Å². The van der Waals surface area contributed by atoms with Gasteiger partial charge in [-0.05, 0) is 36.4 Å². The zero-order chi connectivity index (χ0) is 10.7. The zero-order valence-electron chi connectivity index (χ0n) is 7.94. The standard InChI is InChI=1S/C11H10BrN3/c12-8-1-4-10(5-2-8)15-11-6-3-9(13)7-14-11/h1-7H,13H2,(H,14,15). The molecule has 0 fully saturated rings. The SMILES string of the molecule is Nc1ccc(Nc2ccc(Br)cc2)nc1. The van der Waals surface area contributed by atoms with E-state index in [1.165, 1.54) is 0 Å². The summed E-state index contributed by atoms with van der Waals surface area (Å²) >= 11 is 3.38. The Balaban J connectivity index is 2.15. The van der Waals surface area contributed by atoms with Crippen LogP contribution in [-0.2, 0) is 0 Å². The maximum atomic E-state index is 5.54. The molecule has 0 saturated heterocycles. The molecular weight excluding hydrogens is 254 g/mol. The first-order valence-corrected chi connectivity index (χ1v) is 5.27. The van der Waals surface area contributed by atoms with Crippen LogP contribution in [0.25, 0.3) is 0 Å². The number of nitrogens with two attached hydrogens (primary N) is 1. The monoisotopic (exact) mass is 263 g/mol. The summed E-state index contributed by atoms with van der Waals surface area (Å²) in [6.07, 6.45) is 1.63. The van der Waals surface area contributed by atoms with Gasteiger partial charge in [-0.15, -0.1) is 0 Å².